The zero-order valence-electron chi connectivity index (χ0n) is 15.8. The summed E-state index contributed by atoms with van der Waals surface area (Å²) in [7, 11) is 0. The van der Waals surface area contributed by atoms with E-state index < -0.39 is 0 Å². The number of pyridine rings is 1. The summed E-state index contributed by atoms with van der Waals surface area (Å²) >= 11 is 0. The molecule has 1 N–H and O–H groups in total. The summed E-state index contributed by atoms with van der Waals surface area (Å²) in [5.74, 6) is -0.00570. The Morgan fingerprint density at radius 2 is 2.00 bits per heavy atom. The number of carbonyl (C=O) groups is 2. The van der Waals surface area contributed by atoms with E-state index in [9.17, 15) is 14.0 Å². The zero-order valence-corrected chi connectivity index (χ0v) is 15.8. The molecule has 0 spiro atoms. The fourth-order valence-electron chi connectivity index (χ4n) is 3.65. The van der Waals surface area contributed by atoms with Crippen LogP contribution in [-0.2, 0) is 9.59 Å². The van der Waals surface area contributed by atoms with Gasteiger partial charge in [-0.3, -0.25) is 9.59 Å². The van der Waals surface area contributed by atoms with Crippen LogP contribution in [0.2, 0.25) is 0 Å². The molecule has 150 valence electrons. The van der Waals surface area contributed by atoms with Crippen molar-refractivity contribution in [2.24, 2.45) is 0 Å². The normalized spacial score (nSPS) is 14.9. The maximum Gasteiger partial charge on any atom is 0.226 e. The number of aromatic nitrogens is 2. The molecule has 3 heterocycles. The van der Waals surface area contributed by atoms with Gasteiger partial charge >= 0.3 is 0 Å². The molecule has 8 heteroatoms. The fourth-order valence-corrected chi connectivity index (χ4v) is 3.65. The Labute approximate surface area is 166 Å². The van der Waals surface area contributed by atoms with Gasteiger partial charge in [-0.1, -0.05) is 11.2 Å². The first-order valence-electron chi connectivity index (χ1n) is 9.63. The first-order chi connectivity index (χ1) is 14.1. The average molecular weight is 396 g/mol. The van der Waals surface area contributed by atoms with Gasteiger partial charge < -0.3 is 14.7 Å². The number of likely N-dealkylation sites (tertiary alicyclic amines) is 1. The number of hydrogen-bond donors (Lipinski definition) is 1. The van der Waals surface area contributed by atoms with E-state index >= 15 is 0 Å². The average Bonchev–Trinajstić information content (AvgIpc) is 3.16. The van der Waals surface area contributed by atoms with Gasteiger partial charge in [0.1, 0.15) is 11.6 Å². The summed E-state index contributed by atoms with van der Waals surface area (Å²) in [6, 6.07) is 9.62. The van der Waals surface area contributed by atoms with Gasteiger partial charge in [-0.15, -0.1) is 0 Å². The minimum absolute atomic E-state index is 0.0457. The number of piperidine rings is 1. The van der Waals surface area contributed by atoms with E-state index in [4.69, 9.17) is 4.52 Å². The minimum Gasteiger partial charge on any atom is -0.356 e. The second kappa shape index (κ2) is 8.38. The smallest absolute Gasteiger partial charge is 0.226 e. The highest BCUT2D eigenvalue weighted by Gasteiger charge is 2.27. The molecule has 7 nitrogen and oxygen atoms in total. The third-order valence-electron chi connectivity index (χ3n) is 5.19. The number of carbonyl (C=O) groups excluding carboxylic acids is 2. The summed E-state index contributed by atoms with van der Waals surface area (Å²) in [6.07, 6.45) is 3.31. The molecule has 4 rings (SSSR count). The van der Waals surface area contributed by atoms with E-state index in [0.717, 1.165) is 18.5 Å². The molecule has 29 heavy (non-hydrogen) atoms. The molecule has 2 aromatic heterocycles. The fraction of sp³-hybridized carbons (Fsp3) is 0.333. The molecule has 1 saturated heterocycles. The summed E-state index contributed by atoms with van der Waals surface area (Å²) in [5, 5.41) is 7.50. The van der Waals surface area contributed by atoms with E-state index in [1.54, 1.807) is 35.4 Å². The summed E-state index contributed by atoms with van der Waals surface area (Å²) in [4.78, 5) is 30.2. The first-order valence-corrected chi connectivity index (χ1v) is 9.63. The molecule has 0 atom stereocenters. The van der Waals surface area contributed by atoms with Crippen molar-refractivity contribution >= 4 is 28.6 Å². The number of nitrogens with zero attached hydrogens (tertiary/aromatic N) is 3. The Balaban J connectivity index is 1.28. The Morgan fingerprint density at radius 3 is 2.76 bits per heavy atom. The topological polar surface area (TPSA) is 88.3 Å². The molecule has 0 radical (unpaired) electrons. The molecular weight excluding hydrogens is 375 g/mol. The number of rotatable bonds is 5. The van der Waals surface area contributed by atoms with Gasteiger partial charge in [-0.25, -0.2) is 9.37 Å². The van der Waals surface area contributed by atoms with Crippen molar-refractivity contribution in [2.75, 3.05) is 18.4 Å². The maximum atomic E-state index is 13.6. The second-order valence-corrected chi connectivity index (χ2v) is 7.13. The van der Waals surface area contributed by atoms with E-state index in [1.165, 1.54) is 12.1 Å². The Bertz CT molecular complexity index is 1010. The molecular formula is C21H21FN4O3. The Hall–Kier alpha value is -3.29. The van der Waals surface area contributed by atoms with Crippen LogP contribution in [0.5, 0.6) is 0 Å². The van der Waals surface area contributed by atoms with Crippen LogP contribution in [0.15, 0.2) is 47.1 Å². The predicted octanol–water partition coefficient (Wildman–Crippen LogP) is 3.49. The lowest BCUT2D eigenvalue weighted by atomic mass is 9.91. The van der Waals surface area contributed by atoms with Crippen LogP contribution in [0.3, 0.4) is 0 Å². The molecule has 2 amide bonds. The summed E-state index contributed by atoms with van der Waals surface area (Å²) < 4.78 is 18.9. The highest BCUT2D eigenvalue weighted by Crippen LogP contribution is 2.33. The molecule has 1 aliphatic heterocycles. The maximum absolute atomic E-state index is 13.6. The first kappa shape index (κ1) is 19.0. The molecule has 0 bridgehead atoms. The molecule has 0 aliphatic carbocycles. The second-order valence-electron chi connectivity index (χ2n) is 7.13. The van der Waals surface area contributed by atoms with Gasteiger partial charge in [0.2, 0.25) is 11.8 Å². The number of halogens is 1. The molecule has 0 unspecified atom stereocenters. The van der Waals surface area contributed by atoms with Crippen LogP contribution in [0.1, 0.15) is 37.3 Å². The number of hydrogen-bond acceptors (Lipinski definition) is 5. The monoisotopic (exact) mass is 396 g/mol. The molecule has 3 aromatic rings. The van der Waals surface area contributed by atoms with E-state index in [1.807, 2.05) is 0 Å². The highest BCUT2D eigenvalue weighted by atomic mass is 19.1. The Morgan fingerprint density at radius 1 is 1.17 bits per heavy atom. The van der Waals surface area contributed by atoms with Crippen LogP contribution in [0.4, 0.5) is 10.2 Å². The predicted molar refractivity (Wildman–Crippen MR) is 105 cm³/mol. The molecule has 1 aromatic carbocycles. The number of amides is 2. The number of anilines is 1. The van der Waals surface area contributed by atoms with Crippen molar-refractivity contribution in [1.29, 1.82) is 0 Å². The lowest BCUT2D eigenvalue weighted by Gasteiger charge is -2.31. The van der Waals surface area contributed by atoms with Crippen LogP contribution >= 0.6 is 0 Å². The van der Waals surface area contributed by atoms with Crippen molar-refractivity contribution < 1.29 is 18.5 Å². The van der Waals surface area contributed by atoms with Crippen LogP contribution in [-0.4, -0.2) is 39.9 Å². The number of benzene rings is 1. The molecule has 1 aliphatic rings. The molecule has 0 saturated carbocycles. The van der Waals surface area contributed by atoms with Gasteiger partial charge in [0.25, 0.3) is 0 Å². The SMILES string of the molecule is O=C(CCC(=O)N1CCC(c2noc3ccc(F)cc23)CC1)Nc1ccccn1. The lowest BCUT2D eigenvalue weighted by molar-refractivity contribution is -0.133. The van der Waals surface area contributed by atoms with Crippen molar-refractivity contribution in [2.45, 2.75) is 31.6 Å². The lowest BCUT2D eigenvalue weighted by Crippen LogP contribution is -2.38. The quantitative estimate of drug-likeness (QED) is 0.713. The number of nitrogens with one attached hydrogen (secondary N) is 1. The zero-order chi connectivity index (χ0) is 20.2. The molecule has 1 fully saturated rings. The van der Waals surface area contributed by atoms with Crippen molar-refractivity contribution in [3.63, 3.8) is 0 Å². The van der Waals surface area contributed by atoms with Gasteiger partial charge in [-0.2, -0.15) is 0 Å². The summed E-state index contributed by atoms with van der Waals surface area (Å²) in [5.41, 5.74) is 1.32. The largest absolute Gasteiger partial charge is 0.356 e. The third-order valence-corrected chi connectivity index (χ3v) is 5.19. The van der Waals surface area contributed by atoms with Crippen LogP contribution < -0.4 is 5.32 Å². The van der Waals surface area contributed by atoms with Gasteiger partial charge in [-0.05, 0) is 43.2 Å². The van der Waals surface area contributed by atoms with Crippen molar-refractivity contribution in [3.8, 4) is 0 Å². The third kappa shape index (κ3) is 4.42. The standard InChI is InChI=1S/C21H21FN4O3/c22-15-4-5-17-16(13-15)21(25-29-17)14-8-11-26(12-9-14)20(28)7-6-19(27)24-18-3-1-2-10-23-18/h1-5,10,13-14H,6-9,11-12H2,(H,23,24,27). The van der Waals surface area contributed by atoms with Gasteiger partial charge in [0, 0.05) is 43.4 Å². The minimum atomic E-state index is -0.321. The Kier molecular flexibility index (Phi) is 5.50. The summed E-state index contributed by atoms with van der Waals surface area (Å²) in [6.45, 7) is 1.16. The van der Waals surface area contributed by atoms with Crippen LogP contribution in [0, 0.1) is 5.82 Å². The van der Waals surface area contributed by atoms with E-state index in [-0.39, 0.29) is 36.4 Å². The van der Waals surface area contributed by atoms with Gasteiger partial charge in [0.05, 0.1) is 5.69 Å². The van der Waals surface area contributed by atoms with Crippen molar-refractivity contribution in [3.05, 3.63) is 54.1 Å². The van der Waals surface area contributed by atoms with E-state index in [0.29, 0.717) is 29.9 Å². The van der Waals surface area contributed by atoms with E-state index in [2.05, 4.69) is 15.5 Å². The van der Waals surface area contributed by atoms with Crippen molar-refractivity contribution in [1.82, 2.24) is 15.0 Å². The van der Waals surface area contributed by atoms with Crippen LogP contribution in [0.25, 0.3) is 11.0 Å². The number of fused-ring (bicyclic) bond motifs is 1. The highest BCUT2D eigenvalue weighted by molar-refractivity contribution is 5.92. The van der Waals surface area contributed by atoms with Gasteiger partial charge in [0.15, 0.2) is 5.58 Å².